The lowest BCUT2D eigenvalue weighted by Gasteiger charge is -2.28. The maximum Gasteiger partial charge on any atom is 0.422 e. The molecule has 3 N–H and O–H groups in total. The van der Waals surface area contributed by atoms with Gasteiger partial charge in [0.1, 0.15) is 5.82 Å². The number of rotatable bonds is 3. The van der Waals surface area contributed by atoms with Crippen molar-refractivity contribution in [2.45, 2.75) is 18.6 Å². The lowest BCUT2D eigenvalue weighted by Crippen LogP contribution is -2.62. The number of hydrogen-bond acceptors (Lipinski definition) is 2. The van der Waals surface area contributed by atoms with E-state index < -0.39 is 29.5 Å². The minimum atomic E-state index is -5.23. The summed E-state index contributed by atoms with van der Waals surface area (Å²) in [5.74, 6) is -3.08. The number of alkyl halides is 3. The fraction of sp³-hybridized carbons (Fsp3) is 0.273. The first kappa shape index (κ1) is 17.0. The molecule has 1 rings (SSSR count). The van der Waals surface area contributed by atoms with Crippen molar-refractivity contribution in [2.24, 2.45) is 0 Å². The summed E-state index contributed by atoms with van der Waals surface area (Å²) in [6, 6.07) is 1.33. The zero-order valence-corrected chi connectivity index (χ0v) is 11.1. The maximum absolute atomic E-state index is 12.9. The van der Waals surface area contributed by atoms with Gasteiger partial charge in [0.05, 0.1) is 10.7 Å². The molecule has 0 bridgehead atoms. The number of anilines is 1. The predicted octanol–water partition coefficient (Wildman–Crippen LogP) is 3.01. The molecule has 0 spiro atoms. The lowest BCUT2D eigenvalue weighted by molar-refractivity contribution is -0.203. The van der Waals surface area contributed by atoms with Crippen molar-refractivity contribution in [1.82, 2.24) is 5.32 Å². The molecule has 0 aliphatic rings. The molecule has 0 aliphatic heterocycles. The van der Waals surface area contributed by atoms with E-state index in [1.54, 1.807) is 0 Å². The highest BCUT2D eigenvalue weighted by Gasteiger charge is 2.58. The van der Waals surface area contributed by atoms with E-state index in [4.69, 9.17) is 16.7 Å². The summed E-state index contributed by atoms with van der Waals surface area (Å²) in [7, 11) is 0. The van der Waals surface area contributed by atoms with E-state index in [2.05, 4.69) is 0 Å². The van der Waals surface area contributed by atoms with Crippen molar-refractivity contribution in [1.29, 1.82) is 0 Å². The standard InChI is InChI=1S/C11H9ClF4N2O3/c1-10(8(19)20,11(14,15)16)18-9(21)17-7-4-5(13)2-3-6(7)12/h2-4H,1H3,(H,19,20)(H2,17,18,21). The maximum atomic E-state index is 12.9. The fourth-order valence-corrected chi connectivity index (χ4v) is 1.38. The Kier molecular flexibility index (Phi) is 4.67. The first-order chi connectivity index (χ1) is 9.47. The van der Waals surface area contributed by atoms with Crippen molar-refractivity contribution in [3.8, 4) is 0 Å². The molecule has 116 valence electrons. The summed E-state index contributed by atoms with van der Waals surface area (Å²) < 4.78 is 51.0. The normalized spacial score (nSPS) is 14.2. The van der Waals surface area contributed by atoms with Crippen molar-refractivity contribution >= 4 is 29.3 Å². The highest BCUT2D eigenvalue weighted by molar-refractivity contribution is 6.33. The lowest BCUT2D eigenvalue weighted by atomic mass is 10.0. The molecule has 0 fully saturated rings. The topological polar surface area (TPSA) is 78.4 Å². The van der Waals surface area contributed by atoms with Crippen LogP contribution < -0.4 is 10.6 Å². The number of aliphatic carboxylic acids is 1. The zero-order chi connectivity index (χ0) is 16.4. The van der Waals surface area contributed by atoms with Crippen molar-refractivity contribution in [3.63, 3.8) is 0 Å². The van der Waals surface area contributed by atoms with Crippen LogP contribution in [0.1, 0.15) is 6.92 Å². The number of benzene rings is 1. The van der Waals surface area contributed by atoms with E-state index >= 15 is 0 Å². The van der Waals surface area contributed by atoms with Gasteiger partial charge in [-0.05, 0) is 25.1 Å². The Morgan fingerprint density at radius 3 is 2.33 bits per heavy atom. The van der Waals surface area contributed by atoms with Crippen LogP contribution in [-0.4, -0.2) is 28.8 Å². The molecule has 21 heavy (non-hydrogen) atoms. The molecular weight excluding hydrogens is 320 g/mol. The number of carboxylic acids is 1. The van der Waals surface area contributed by atoms with Gasteiger partial charge in [-0.1, -0.05) is 11.6 Å². The molecule has 1 aromatic carbocycles. The minimum absolute atomic E-state index is 0.129. The second-order valence-electron chi connectivity index (χ2n) is 4.13. The fourth-order valence-electron chi connectivity index (χ4n) is 1.22. The molecule has 0 radical (unpaired) electrons. The number of urea groups is 1. The van der Waals surface area contributed by atoms with Gasteiger partial charge in [-0.3, -0.25) is 0 Å². The van der Waals surface area contributed by atoms with Gasteiger partial charge >= 0.3 is 18.2 Å². The number of carbonyl (C=O) groups excluding carboxylic acids is 1. The molecule has 5 nitrogen and oxygen atoms in total. The Morgan fingerprint density at radius 1 is 1.29 bits per heavy atom. The summed E-state index contributed by atoms with van der Waals surface area (Å²) in [4.78, 5) is 22.2. The van der Waals surface area contributed by atoms with Gasteiger partial charge in [0.25, 0.3) is 0 Å². The van der Waals surface area contributed by atoms with Crippen LogP contribution >= 0.6 is 11.6 Å². The highest BCUT2D eigenvalue weighted by Crippen LogP contribution is 2.30. The Balaban J connectivity index is 2.95. The molecule has 1 unspecified atom stereocenters. The minimum Gasteiger partial charge on any atom is -0.479 e. The van der Waals surface area contributed by atoms with E-state index in [0.29, 0.717) is 0 Å². The number of hydrogen-bond donors (Lipinski definition) is 3. The molecule has 0 heterocycles. The summed E-state index contributed by atoms with van der Waals surface area (Å²) in [5, 5.41) is 11.6. The van der Waals surface area contributed by atoms with Gasteiger partial charge in [-0.2, -0.15) is 13.2 Å². The van der Waals surface area contributed by atoms with E-state index in [-0.39, 0.29) is 17.6 Å². The Bertz CT molecular complexity index is 579. The number of nitrogens with one attached hydrogen (secondary N) is 2. The number of halogens is 5. The first-order valence-corrected chi connectivity index (χ1v) is 5.69. The third kappa shape index (κ3) is 3.75. The highest BCUT2D eigenvalue weighted by atomic mass is 35.5. The summed E-state index contributed by atoms with van der Waals surface area (Å²) >= 11 is 5.62. The van der Waals surface area contributed by atoms with Crippen LogP contribution in [0.4, 0.5) is 28.0 Å². The van der Waals surface area contributed by atoms with Crippen LogP contribution in [0, 0.1) is 5.82 Å². The second-order valence-corrected chi connectivity index (χ2v) is 4.54. The van der Waals surface area contributed by atoms with E-state index in [9.17, 15) is 27.2 Å². The van der Waals surface area contributed by atoms with Crippen LogP contribution in [0.25, 0.3) is 0 Å². The number of amides is 2. The van der Waals surface area contributed by atoms with Gasteiger partial charge in [0, 0.05) is 0 Å². The summed E-state index contributed by atoms with van der Waals surface area (Å²) in [6.07, 6.45) is -5.23. The first-order valence-electron chi connectivity index (χ1n) is 5.31. The van der Waals surface area contributed by atoms with E-state index in [0.717, 1.165) is 18.2 Å². The smallest absolute Gasteiger partial charge is 0.422 e. The molecule has 1 aromatic rings. The molecule has 0 saturated heterocycles. The van der Waals surface area contributed by atoms with E-state index in [1.165, 1.54) is 5.32 Å². The Labute approximate surface area is 120 Å². The Hall–Kier alpha value is -2.03. The van der Waals surface area contributed by atoms with Gasteiger partial charge in [0.2, 0.25) is 5.54 Å². The molecular formula is C11H9ClF4N2O3. The average Bonchev–Trinajstić information content (AvgIpc) is 2.32. The quantitative estimate of drug-likeness (QED) is 0.746. The molecule has 0 saturated carbocycles. The zero-order valence-electron chi connectivity index (χ0n) is 10.4. The monoisotopic (exact) mass is 328 g/mol. The van der Waals surface area contributed by atoms with Crippen molar-refractivity contribution in [3.05, 3.63) is 29.0 Å². The van der Waals surface area contributed by atoms with Crippen LogP contribution in [0.2, 0.25) is 5.02 Å². The number of carbonyl (C=O) groups is 2. The van der Waals surface area contributed by atoms with Crippen LogP contribution in [-0.2, 0) is 4.79 Å². The molecule has 10 heteroatoms. The SMILES string of the molecule is CC(NC(=O)Nc1cc(F)ccc1Cl)(C(=O)O)C(F)(F)F. The summed E-state index contributed by atoms with van der Waals surface area (Å²) in [5.41, 5.74) is -3.80. The van der Waals surface area contributed by atoms with Gasteiger partial charge in [-0.15, -0.1) is 0 Å². The van der Waals surface area contributed by atoms with Crippen molar-refractivity contribution < 1.29 is 32.3 Å². The third-order valence-corrected chi connectivity index (χ3v) is 2.86. The molecule has 2 amide bonds. The third-order valence-electron chi connectivity index (χ3n) is 2.53. The summed E-state index contributed by atoms with van der Waals surface area (Å²) in [6.45, 7) is 0.280. The van der Waals surface area contributed by atoms with E-state index in [1.807, 2.05) is 5.32 Å². The molecule has 0 aromatic heterocycles. The Morgan fingerprint density at radius 2 is 1.86 bits per heavy atom. The van der Waals surface area contributed by atoms with Gasteiger partial charge in [0.15, 0.2) is 0 Å². The van der Waals surface area contributed by atoms with Crippen LogP contribution in [0.3, 0.4) is 0 Å². The van der Waals surface area contributed by atoms with Gasteiger partial charge < -0.3 is 15.7 Å². The van der Waals surface area contributed by atoms with Crippen molar-refractivity contribution in [2.75, 3.05) is 5.32 Å². The van der Waals surface area contributed by atoms with Gasteiger partial charge in [-0.25, -0.2) is 14.0 Å². The van der Waals surface area contributed by atoms with Crippen LogP contribution in [0.15, 0.2) is 18.2 Å². The largest absolute Gasteiger partial charge is 0.479 e. The molecule has 1 atom stereocenters. The molecule has 0 aliphatic carbocycles. The predicted molar refractivity (Wildman–Crippen MR) is 65.7 cm³/mol. The second kappa shape index (κ2) is 5.76. The average molecular weight is 329 g/mol. The van der Waals surface area contributed by atoms with Crippen LogP contribution in [0.5, 0.6) is 0 Å². The number of carboxylic acid groups (broad SMARTS) is 1.